The van der Waals surface area contributed by atoms with Crippen LogP contribution in [0.2, 0.25) is 0 Å². The summed E-state index contributed by atoms with van der Waals surface area (Å²) in [4.78, 5) is 27.5. The fourth-order valence-electron chi connectivity index (χ4n) is 3.23. The molecule has 33 heavy (non-hydrogen) atoms. The van der Waals surface area contributed by atoms with Gasteiger partial charge in [0.2, 0.25) is 11.7 Å². The lowest BCUT2D eigenvalue weighted by molar-refractivity contribution is -0.147. The summed E-state index contributed by atoms with van der Waals surface area (Å²) in [5.41, 5.74) is 5.17. The van der Waals surface area contributed by atoms with Crippen LogP contribution < -0.4 is 11.1 Å². The maximum absolute atomic E-state index is 13.9. The molecule has 0 aliphatic rings. The Kier molecular flexibility index (Phi) is 9.63. The Morgan fingerprint density at radius 2 is 1.97 bits per heavy atom. The van der Waals surface area contributed by atoms with Crippen molar-refractivity contribution in [1.82, 2.24) is 14.9 Å². The summed E-state index contributed by atoms with van der Waals surface area (Å²) in [6, 6.07) is 3.02. The Labute approximate surface area is 214 Å². The molecule has 0 spiro atoms. The van der Waals surface area contributed by atoms with E-state index in [0.29, 0.717) is 15.6 Å². The minimum atomic E-state index is -4.80. The van der Waals surface area contributed by atoms with Gasteiger partial charge in [0.1, 0.15) is 5.82 Å². The predicted octanol–water partition coefficient (Wildman–Crippen LogP) is 4.27. The Morgan fingerprint density at radius 3 is 2.52 bits per heavy atom. The molecule has 1 atom stereocenters. The number of nitrogens with zero attached hydrogens (tertiary/aromatic N) is 2. The Morgan fingerprint density at radius 1 is 1.30 bits per heavy atom. The van der Waals surface area contributed by atoms with Gasteiger partial charge in [-0.15, -0.1) is 0 Å². The van der Waals surface area contributed by atoms with Gasteiger partial charge in [0.05, 0.1) is 12.2 Å². The van der Waals surface area contributed by atoms with Crippen LogP contribution in [0, 0.1) is 24.3 Å². The van der Waals surface area contributed by atoms with Gasteiger partial charge in [-0.2, -0.15) is 13.2 Å². The summed E-state index contributed by atoms with van der Waals surface area (Å²) in [6.07, 6.45) is -3.30. The second-order valence-corrected chi connectivity index (χ2v) is 9.54. The molecule has 180 valence electrons. The van der Waals surface area contributed by atoms with Crippen LogP contribution >= 0.6 is 45.2 Å². The first-order valence-electron chi connectivity index (χ1n) is 9.76. The number of carbonyl (C=O) groups is 2. The largest absolute Gasteiger partial charge is 0.449 e. The molecule has 0 radical (unpaired) electrons. The second kappa shape index (κ2) is 11.6. The van der Waals surface area contributed by atoms with Crippen LogP contribution in [0.5, 0.6) is 0 Å². The van der Waals surface area contributed by atoms with Crippen molar-refractivity contribution in [3.05, 3.63) is 47.9 Å². The number of benzene rings is 1. The quantitative estimate of drug-likeness (QED) is 0.150. The lowest BCUT2D eigenvalue weighted by Crippen LogP contribution is -2.29. The number of nitrogens with two attached hydrogens (primary N) is 1. The Balaban J connectivity index is 2.18. The van der Waals surface area contributed by atoms with Gasteiger partial charge >= 0.3 is 6.18 Å². The van der Waals surface area contributed by atoms with Crippen LogP contribution in [0.1, 0.15) is 47.3 Å². The zero-order valence-corrected chi connectivity index (χ0v) is 21.7. The average Bonchev–Trinajstić information content (AvgIpc) is 3.09. The summed E-state index contributed by atoms with van der Waals surface area (Å²) < 4.78 is 56.1. The summed E-state index contributed by atoms with van der Waals surface area (Å²) in [6.45, 7) is 1.21. The van der Waals surface area contributed by atoms with E-state index in [9.17, 15) is 27.2 Å². The second-order valence-electron chi connectivity index (χ2n) is 7.21. The van der Waals surface area contributed by atoms with E-state index in [-0.39, 0.29) is 31.6 Å². The molecule has 1 aromatic heterocycles. The molecule has 0 saturated carbocycles. The standard InChI is InChI=1S/C20H21F4I2N5O2/c1-2-3-31-15(17(18(28)33)30-19(31)20(22,23)24)9-29-16(32)5-10(8-27)4-11-6-12(21)14(26)7-13(11)25/h6-8,10,27H,2-5,9H2,1H3,(H2,28,33)(H,29,32). The van der Waals surface area contributed by atoms with Gasteiger partial charge in [0.15, 0.2) is 5.69 Å². The highest BCUT2D eigenvalue weighted by Crippen LogP contribution is 2.31. The molecule has 2 rings (SSSR count). The minimum absolute atomic E-state index is 0.0692. The molecule has 0 saturated heterocycles. The fraction of sp³-hybridized carbons (Fsp3) is 0.400. The van der Waals surface area contributed by atoms with E-state index in [4.69, 9.17) is 11.1 Å². The number of amides is 2. The zero-order valence-electron chi connectivity index (χ0n) is 17.4. The van der Waals surface area contributed by atoms with Crippen LogP contribution in [0.3, 0.4) is 0 Å². The monoisotopic (exact) mass is 693 g/mol. The van der Waals surface area contributed by atoms with Gasteiger partial charge in [0, 0.05) is 26.0 Å². The Hall–Kier alpha value is -1.78. The molecular formula is C20H21F4I2N5O2. The lowest BCUT2D eigenvalue weighted by atomic mass is 9.97. The summed E-state index contributed by atoms with van der Waals surface area (Å²) >= 11 is 3.92. The van der Waals surface area contributed by atoms with Crippen LogP contribution in [-0.2, 0) is 30.5 Å². The van der Waals surface area contributed by atoms with E-state index in [2.05, 4.69) is 10.3 Å². The first-order valence-corrected chi connectivity index (χ1v) is 11.9. The van der Waals surface area contributed by atoms with Crippen molar-refractivity contribution in [3.63, 3.8) is 0 Å². The van der Waals surface area contributed by atoms with E-state index in [1.807, 2.05) is 45.2 Å². The highest BCUT2D eigenvalue weighted by Gasteiger charge is 2.39. The molecule has 0 fully saturated rings. The van der Waals surface area contributed by atoms with E-state index in [1.54, 1.807) is 13.0 Å². The molecule has 7 nitrogen and oxygen atoms in total. The zero-order chi connectivity index (χ0) is 24.9. The van der Waals surface area contributed by atoms with E-state index >= 15 is 0 Å². The highest BCUT2D eigenvalue weighted by atomic mass is 127. The van der Waals surface area contributed by atoms with Gasteiger partial charge in [-0.1, -0.05) is 6.92 Å². The van der Waals surface area contributed by atoms with Gasteiger partial charge in [-0.05, 0) is 81.9 Å². The molecule has 0 bridgehead atoms. The number of hydrogen-bond acceptors (Lipinski definition) is 4. The fourth-order valence-corrected chi connectivity index (χ4v) is 4.98. The third-order valence-electron chi connectivity index (χ3n) is 4.71. The van der Waals surface area contributed by atoms with Crippen LogP contribution in [0.25, 0.3) is 0 Å². The molecule has 13 heteroatoms. The van der Waals surface area contributed by atoms with Crippen molar-refractivity contribution in [3.8, 4) is 0 Å². The molecule has 2 amide bonds. The number of carbonyl (C=O) groups excluding carboxylic acids is 2. The van der Waals surface area contributed by atoms with E-state index in [1.165, 1.54) is 6.07 Å². The van der Waals surface area contributed by atoms with Gasteiger partial charge < -0.3 is 21.0 Å². The Bertz CT molecular complexity index is 1060. The maximum atomic E-state index is 13.9. The molecule has 1 aromatic carbocycles. The number of primary amides is 1. The topological polar surface area (TPSA) is 114 Å². The van der Waals surface area contributed by atoms with E-state index < -0.39 is 41.2 Å². The molecule has 1 heterocycles. The molecular weight excluding hydrogens is 672 g/mol. The van der Waals surface area contributed by atoms with Gasteiger partial charge in [-0.3, -0.25) is 9.59 Å². The van der Waals surface area contributed by atoms with Crippen molar-refractivity contribution >= 4 is 63.2 Å². The molecule has 0 aliphatic carbocycles. The van der Waals surface area contributed by atoms with Crippen molar-refractivity contribution in [2.24, 2.45) is 11.7 Å². The molecule has 0 aliphatic heterocycles. The summed E-state index contributed by atoms with van der Waals surface area (Å²) in [5, 5.41) is 10.1. The first-order chi connectivity index (χ1) is 15.4. The summed E-state index contributed by atoms with van der Waals surface area (Å²) in [7, 11) is 0. The van der Waals surface area contributed by atoms with Crippen molar-refractivity contribution in [2.45, 2.75) is 45.5 Å². The lowest BCUT2D eigenvalue weighted by Gasteiger charge is -2.15. The number of hydrogen-bond donors (Lipinski definition) is 3. The first kappa shape index (κ1) is 27.5. The van der Waals surface area contributed by atoms with Crippen LogP contribution in [0.4, 0.5) is 17.6 Å². The van der Waals surface area contributed by atoms with Crippen LogP contribution in [-0.4, -0.2) is 27.6 Å². The number of nitrogens with one attached hydrogen (secondary N) is 2. The predicted molar refractivity (Wildman–Crippen MR) is 130 cm³/mol. The SMILES string of the molecule is CCCn1c(C(F)(F)F)nc(C(N)=O)c1CNC(=O)CC(C=N)Cc1cc(F)c(I)cc1I. The third kappa shape index (κ3) is 7.10. The van der Waals surface area contributed by atoms with E-state index in [0.717, 1.165) is 14.4 Å². The van der Waals surface area contributed by atoms with Gasteiger partial charge in [-0.25, -0.2) is 9.37 Å². The highest BCUT2D eigenvalue weighted by molar-refractivity contribution is 14.1. The minimum Gasteiger partial charge on any atom is -0.364 e. The van der Waals surface area contributed by atoms with Gasteiger partial charge in [0.25, 0.3) is 5.91 Å². The summed E-state index contributed by atoms with van der Waals surface area (Å²) in [5.74, 6) is -3.89. The number of rotatable bonds is 10. The maximum Gasteiger partial charge on any atom is 0.449 e. The molecule has 1 unspecified atom stereocenters. The van der Waals surface area contributed by atoms with Crippen LogP contribution in [0.15, 0.2) is 12.1 Å². The molecule has 2 aromatic rings. The normalized spacial score (nSPS) is 12.5. The molecule has 4 N–H and O–H groups in total. The number of imidazole rings is 1. The van der Waals surface area contributed by atoms with Crippen molar-refractivity contribution < 1.29 is 27.2 Å². The van der Waals surface area contributed by atoms with Crippen molar-refractivity contribution in [1.29, 1.82) is 5.41 Å². The number of aromatic nitrogens is 2. The number of alkyl halides is 3. The smallest absolute Gasteiger partial charge is 0.364 e. The average molecular weight is 693 g/mol. The number of halogens is 6. The van der Waals surface area contributed by atoms with Crippen molar-refractivity contribution in [2.75, 3.05) is 0 Å². The third-order valence-corrected chi connectivity index (χ3v) is 6.55.